The summed E-state index contributed by atoms with van der Waals surface area (Å²) >= 11 is 3.27. The molecule has 0 aliphatic carbocycles. The second kappa shape index (κ2) is 4.05. The molecule has 0 aromatic carbocycles. The molecule has 1 unspecified atom stereocenters. The Bertz CT molecular complexity index is 299. The quantitative estimate of drug-likeness (QED) is 0.869. The van der Waals surface area contributed by atoms with Crippen molar-refractivity contribution in [2.45, 2.75) is 26.7 Å². The summed E-state index contributed by atoms with van der Waals surface area (Å²) in [5.41, 5.74) is 5.66. The molecular formula is C9H14BrN3. The molecule has 0 spiro atoms. The standard InChI is InChI=1S/C9H14BrN3/c1-5(2)6(3)9-12-4-7(10)8(11)13-9/h4-6H,1-3H3,(H2,11,12,13). The van der Waals surface area contributed by atoms with Crippen LogP contribution in [0.2, 0.25) is 0 Å². The minimum atomic E-state index is 0.343. The normalized spacial score (nSPS) is 13.3. The Morgan fingerprint density at radius 2 is 2.00 bits per heavy atom. The number of nitrogen functional groups attached to an aromatic ring is 1. The highest BCUT2D eigenvalue weighted by atomic mass is 79.9. The zero-order chi connectivity index (χ0) is 10.0. The molecule has 1 atom stereocenters. The molecule has 2 N–H and O–H groups in total. The Kier molecular flexibility index (Phi) is 3.25. The summed E-state index contributed by atoms with van der Waals surface area (Å²) in [7, 11) is 0. The second-order valence-electron chi connectivity index (χ2n) is 3.49. The van der Waals surface area contributed by atoms with Gasteiger partial charge in [-0.05, 0) is 21.8 Å². The monoisotopic (exact) mass is 243 g/mol. The molecule has 1 aromatic heterocycles. The van der Waals surface area contributed by atoms with Gasteiger partial charge in [-0.15, -0.1) is 0 Å². The van der Waals surface area contributed by atoms with Crippen LogP contribution in [0.5, 0.6) is 0 Å². The summed E-state index contributed by atoms with van der Waals surface area (Å²) in [6.45, 7) is 6.39. The predicted molar refractivity (Wildman–Crippen MR) is 57.4 cm³/mol. The number of aromatic nitrogens is 2. The van der Waals surface area contributed by atoms with Crippen LogP contribution in [0.25, 0.3) is 0 Å². The van der Waals surface area contributed by atoms with Crippen LogP contribution in [0, 0.1) is 5.92 Å². The lowest BCUT2D eigenvalue weighted by molar-refractivity contribution is 0.510. The fourth-order valence-corrected chi connectivity index (χ4v) is 1.10. The van der Waals surface area contributed by atoms with Crippen LogP contribution in [0.1, 0.15) is 32.5 Å². The third-order valence-corrected chi connectivity index (χ3v) is 2.81. The van der Waals surface area contributed by atoms with E-state index >= 15 is 0 Å². The van der Waals surface area contributed by atoms with Crippen molar-refractivity contribution in [3.63, 3.8) is 0 Å². The topological polar surface area (TPSA) is 51.8 Å². The molecule has 1 heterocycles. The van der Waals surface area contributed by atoms with Gasteiger partial charge in [0.2, 0.25) is 0 Å². The van der Waals surface area contributed by atoms with Gasteiger partial charge in [0.15, 0.2) is 0 Å². The van der Waals surface area contributed by atoms with Crippen LogP contribution in [0.4, 0.5) is 5.82 Å². The molecular weight excluding hydrogens is 230 g/mol. The van der Waals surface area contributed by atoms with Crippen molar-refractivity contribution in [1.82, 2.24) is 9.97 Å². The third kappa shape index (κ3) is 2.40. The Hall–Kier alpha value is -0.640. The first kappa shape index (κ1) is 10.4. The highest BCUT2D eigenvalue weighted by Crippen LogP contribution is 2.23. The van der Waals surface area contributed by atoms with Gasteiger partial charge in [-0.25, -0.2) is 9.97 Å². The number of hydrogen-bond donors (Lipinski definition) is 1. The first-order valence-corrected chi connectivity index (χ1v) is 5.09. The lowest BCUT2D eigenvalue weighted by Crippen LogP contribution is -2.08. The minimum Gasteiger partial charge on any atom is -0.383 e. The van der Waals surface area contributed by atoms with E-state index in [2.05, 4.69) is 46.7 Å². The van der Waals surface area contributed by atoms with Gasteiger partial charge in [0.05, 0.1) is 4.47 Å². The molecule has 0 aliphatic rings. The molecule has 0 bridgehead atoms. The minimum absolute atomic E-state index is 0.343. The van der Waals surface area contributed by atoms with E-state index in [4.69, 9.17) is 5.73 Å². The van der Waals surface area contributed by atoms with E-state index in [-0.39, 0.29) is 0 Å². The van der Waals surface area contributed by atoms with E-state index in [1.165, 1.54) is 0 Å². The maximum Gasteiger partial charge on any atom is 0.141 e. The number of hydrogen-bond acceptors (Lipinski definition) is 3. The van der Waals surface area contributed by atoms with Crippen LogP contribution in [-0.2, 0) is 0 Å². The van der Waals surface area contributed by atoms with Crippen LogP contribution in [-0.4, -0.2) is 9.97 Å². The summed E-state index contributed by atoms with van der Waals surface area (Å²) in [6.07, 6.45) is 1.70. The van der Waals surface area contributed by atoms with Gasteiger partial charge in [0.1, 0.15) is 11.6 Å². The van der Waals surface area contributed by atoms with Gasteiger partial charge in [0, 0.05) is 12.1 Å². The van der Waals surface area contributed by atoms with Crippen molar-refractivity contribution in [1.29, 1.82) is 0 Å². The van der Waals surface area contributed by atoms with Crippen molar-refractivity contribution in [2.24, 2.45) is 5.92 Å². The highest BCUT2D eigenvalue weighted by molar-refractivity contribution is 9.10. The van der Waals surface area contributed by atoms with Crippen molar-refractivity contribution >= 4 is 21.7 Å². The first-order chi connectivity index (χ1) is 6.02. The maximum atomic E-state index is 5.66. The Balaban J connectivity index is 2.97. The smallest absolute Gasteiger partial charge is 0.141 e. The van der Waals surface area contributed by atoms with Crippen LogP contribution >= 0.6 is 15.9 Å². The molecule has 72 valence electrons. The third-order valence-electron chi connectivity index (χ3n) is 2.20. The van der Waals surface area contributed by atoms with Gasteiger partial charge in [-0.1, -0.05) is 20.8 Å². The van der Waals surface area contributed by atoms with Gasteiger partial charge in [0.25, 0.3) is 0 Å². The molecule has 0 aliphatic heterocycles. The second-order valence-corrected chi connectivity index (χ2v) is 4.35. The number of nitrogens with zero attached hydrogens (tertiary/aromatic N) is 2. The SMILES string of the molecule is CC(C)C(C)c1ncc(Br)c(N)n1. The van der Waals surface area contributed by atoms with Crippen molar-refractivity contribution in [3.05, 3.63) is 16.5 Å². The van der Waals surface area contributed by atoms with Gasteiger partial charge in [-0.2, -0.15) is 0 Å². The average Bonchev–Trinajstić information content (AvgIpc) is 2.08. The van der Waals surface area contributed by atoms with Crippen molar-refractivity contribution < 1.29 is 0 Å². The van der Waals surface area contributed by atoms with E-state index < -0.39 is 0 Å². The molecule has 1 rings (SSSR count). The highest BCUT2D eigenvalue weighted by Gasteiger charge is 2.13. The van der Waals surface area contributed by atoms with Gasteiger partial charge < -0.3 is 5.73 Å². The van der Waals surface area contributed by atoms with E-state index in [1.54, 1.807) is 6.20 Å². The van der Waals surface area contributed by atoms with Crippen LogP contribution in [0.3, 0.4) is 0 Å². The predicted octanol–water partition coefficient (Wildman–Crippen LogP) is 2.58. The zero-order valence-corrected chi connectivity index (χ0v) is 9.67. The number of halogens is 1. The van der Waals surface area contributed by atoms with E-state index in [9.17, 15) is 0 Å². The molecule has 1 aromatic rings. The fourth-order valence-electron chi connectivity index (χ4n) is 0.912. The molecule has 13 heavy (non-hydrogen) atoms. The number of rotatable bonds is 2. The van der Waals surface area contributed by atoms with Crippen molar-refractivity contribution in [3.8, 4) is 0 Å². The Labute approximate surface area is 86.9 Å². The lowest BCUT2D eigenvalue weighted by atomic mass is 9.97. The summed E-state index contributed by atoms with van der Waals surface area (Å²) in [6, 6.07) is 0. The molecule has 4 heteroatoms. The van der Waals surface area contributed by atoms with E-state index in [0.717, 1.165) is 10.3 Å². The molecule has 0 amide bonds. The number of nitrogens with two attached hydrogens (primary N) is 1. The average molecular weight is 244 g/mol. The summed E-state index contributed by atoms with van der Waals surface area (Å²) < 4.78 is 0.757. The Morgan fingerprint density at radius 3 is 2.46 bits per heavy atom. The molecule has 3 nitrogen and oxygen atoms in total. The molecule has 0 fully saturated rings. The summed E-state index contributed by atoms with van der Waals surface area (Å²) in [5.74, 6) is 2.20. The van der Waals surface area contributed by atoms with E-state index in [1.807, 2.05) is 0 Å². The Morgan fingerprint density at radius 1 is 1.38 bits per heavy atom. The van der Waals surface area contributed by atoms with E-state index in [0.29, 0.717) is 17.7 Å². The number of anilines is 1. The summed E-state index contributed by atoms with van der Waals surface area (Å²) in [5, 5.41) is 0. The molecule has 0 radical (unpaired) electrons. The summed E-state index contributed by atoms with van der Waals surface area (Å²) in [4.78, 5) is 8.44. The van der Waals surface area contributed by atoms with Crippen LogP contribution in [0.15, 0.2) is 10.7 Å². The van der Waals surface area contributed by atoms with Crippen molar-refractivity contribution in [2.75, 3.05) is 5.73 Å². The molecule has 0 saturated carbocycles. The first-order valence-electron chi connectivity index (χ1n) is 4.30. The molecule has 0 saturated heterocycles. The van der Waals surface area contributed by atoms with Crippen LogP contribution < -0.4 is 5.73 Å². The van der Waals surface area contributed by atoms with Gasteiger partial charge >= 0.3 is 0 Å². The fraction of sp³-hybridized carbons (Fsp3) is 0.556. The van der Waals surface area contributed by atoms with Gasteiger partial charge in [-0.3, -0.25) is 0 Å². The zero-order valence-electron chi connectivity index (χ0n) is 8.08. The largest absolute Gasteiger partial charge is 0.383 e. The lowest BCUT2D eigenvalue weighted by Gasteiger charge is -2.13. The maximum absolute atomic E-state index is 5.66.